The molecule has 4 rings (SSSR count). The number of hydrogen-bond donors (Lipinski definition) is 1. The van der Waals surface area contributed by atoms with Gasteiger partial charge in [0.05, 0.1) is 0 Å². The zero-order valence-electron chi connectivity index (χ0n) is 18.1. The van der Waals surface area contributed by atoms with E-state index in [9.17, 15) is 4.79 Å². The molecule has 1 aliphatic rings. The standard InChI is InChI=1S/C25H25Cl2N3O2/c1-25(2)16-30(15-17-4-3-10-28-14-17)23-8-7-20(13-21(23)25)32-24(31)29-11-9-18-5-6-19(26)12-22(18)27/h3-8,10,12-14H,9,11,15-16H2,1-2H3,(H,29,31). The number of hydrogen-bond acceptors (Lipinski definition) is 4. The molecule has 7 heteroatoms. The maximum absolute atomic E-state index is 12.3. The topological polar surface area (TPSA) is 54.5 Å². The Morgan fingerprint density at radius 1 is 1.19 bits per heavy atom. The second-order valence-corrected chi connectivity index (χ2v) is 9.43. The zero-order chi connectivity index (χ0) is 22.7. The maximum atomic E-state index is 12.3. The Balaban J connectivity index is 1.38. The molecule has 0 unspecified atom stereocenters. The predicted octanol–water partition coefficient (Wildman–Crippen LogP) is 6.02. The number of aromatic nitrogens is 1. The summed E-state index contributed by atoms with van der Waals surface area (Å²) in [6, 6.07) is 15.2. The van der Waals surface area contributed by atoms with Crippen LogP contribution in [0, 0.1) is 0 Å². The Morgan fingerprint density at radius 2 is 2.03 bits per heavy atom. The molecular weight excluding hydrogens is 445 g/mol. The molecule has 166 valence electrons. The third-order valence-electron chi connectivity index (χ3n) is 5.61. The molecule has 0 saturated carbocycles. The van der Waals surface area contributed by atoms with E-state index in [1.165, 1.54) is 5.56 Å². The molecule has 1 amide bonds. The Hall–Kier alpha value is -2.76. The summed E-state index contributed by atoms with van der Waals surface area (Å²) in [4.78, 5) is 18.9. The second kappa shape index (κ2) is 9.39. The first-order valence-corrected chi connectivity index (χ1v) is 11.3. The van der Waals surface area contributed by atoms with Crippen LogP contribution in [-0.4, -0.2) is 24.2 Å². The lowest BCUT2D eigenvalue weighted by molar-refractivity contribution is 0.200. The van der Waals surface area contributed by atoms with Crippen molar-refractivity contribution in [1.29, 1.82) is 0 Å². The van der Waals surface area contributed by atoms with Crippen LogP contribution in [0.25, 0.3) is 0 Å². The summed E-state index contributed by atoms with van der Waals surface area (Å²) in [6.07, 6.45) is 3.78. The molecule has 0 aliphatic carbocycles. The van der Waals surface area contributed by atoms with Gasteiger partial charge in [0, 0.05) is 53.2 Å². The number of carbonyl (C=O) groups is 1. The molecule has 0 radical (unpaired) electrons. The van der Waals surface area contributed by atoms with Gasteiger partial charge in [-0.2, -0.15) is 0 Å². The van der Waals surface area contributed by atoms with Gasteiger partial charge < -0.3 is 15.0 Å². The Morgan fingerprint density at radius 3 is 2.78 bits per heavy atom. The van der Waals surface area contributed by atoms with Crippen molar-refractivity contribution in [3.63, 3.8) is 0 Å². The van der Waals surface area contributed by atoms with Crippen LogP contribution in [-0.2, 0) is 18.4 Å². The number of carbonyl (C=O) groups excluding carboxylic acids is 1. The summed E-state index contributed by atoms with van der Waals surface area (Å²) in [5, 5.41) is 3.96. The fourth-order valence-corrected chi connectivity index (χ4v) is 4.57. The van der Waals surface area contributed by atoms with Gasteiger partial charge in [0.15, 0.2) is 0 Å². The van der Waals surface area contributed by atoms with Crippen molar-refractivity contribution in [1.82, 2.24) is 10.3 Å². The van der Waals surface area contributed by atoms with Crippen LogP contribution in [0.2, 0.25) is 10.0 Å². The molecule has 0 atom stereocenters. The molecule has 1 aromatic heterocycles. The number of anilines is 1. The van der Waals surface area contributed by atoms with Gasteiger partial charge in [0.25, 0.3) is 0 Å². The van der Waals surface area contributed by atoms with E-state index < -0.39 is 6.09 Å². The largest absolute Gasteiger partial charge is 0.412 e. The van der Waals surface area contributed by atoms with Crippen LogP contribution in [0.1, 0.15) is 30.5 Å². The van der Waals surface area contributed by atoms with Crippen molar-refractivity contribution in [3.8, 4) is 5.75 Å². The van der Waals surface area contributed by atoms with E-state index in [1.807, 2.05) is 36.5 Å². The molecule has 1 N–H and O–H groups in total. The summed E-state index contributed by atoms with van der Waals surface area (Å²) in [5.74, 6) is 0.530. The van der Waals surface area contributed by atoms with E-state index >= 15 is 0 Å². The minimum absolute atomic E-state index is 0.0568. The van der Waals surface area contributed by atoms with E-state index in [-0.39, 0.29) is 5.41 Å². The van der Waals surface area contributed by atoms with Crippen molar-refractivity contribution >= 4 is 35.0 Å². The molecular formula is C25H25Cl2N3O2. The summed E-state index contributed by atoms with van der Waals surface area (Å²) >= 11 is 12.1. The number of halogens is 2. The zero-order valence-corrected chi connectivity index (χ0v) is 19.6. The number of benzene rings is 2. The lowest BCUT2D eigenvalue weighted by Gasteiger charge is -2.22. The first kappa shape index (κ1) is 22.4. The number of nitrogens with zero attached hydrogens (tertiary/aromatic N) is 2. The Labute approximate surface area is 198 Å². The molecule has 3 aromatic rings. The SMILES string of the molecule is CC1(C)CN(Cc2cccnc2)c2ccc(OC(=O)NCCc3ccc(Cl)cc3Cl)cc21. The highest BCUT2D eigenvalue weighted by Gasteiger charge is 2.35. The van der Waals surface area contributed by atoms with Crippen molar-refractivity contribution in [2.75, 3.05) is 18.0 Å². The van der Waals surface area contributed by atoms with Gasteiger partial charge in [-0.25, -0.2) is 4.79 Å². The number of fused-ring (bicyclic) bond motifs is 1. The summed E-state index contributed by atoms with van der Waals surface area (Å²) in [6.45, 7) is 6.49. The monoisotopic (exact) mass is 469 g/mol. The first-order valence-electron chi connectivity index (χ1n) is 10.5. The lowest BCUT2D eigenvalue weighted by Crippen LogP contribution is -2.29. The molecule has 0 saturated heterocycles. The Bertz CT molecular complexity index is 1120. The van der Waals surface area contributed by atoms with Gasteiger partial charge in [-0.3, -0.25) is 4.98 Å². The highest BCUT2D eigenvalue weighted by Crippen LogP contribution is 2.42. The molecule has 1 aliphatic heterocycles. The van der Waals surface area contributed by atoms with E-state index in [0.29, 0.717) is 28.8 Å². The van der Waals surface area contributed by atoms with Crippen LogP contribution in [0.5, 0.6) is 5.75 Å². The van der Waals surface area contributed by atoms with Gasteiger partial charge in [-0.15, -0.1) is 0 Å². The van der Waals surface area contributed by atoms with Crippen LogP contribution < -0.4 is 15.0 Å². The lowest BCUT2D eigenvalue weighted by atomic mass is 9.87. The van der Waals surface area contributed by atoms with Crippen molar-refractivity contribution in [2.45, 2.75) is 32.2 Å². The van der Waals surface area contributed by atoms with Gasteiger partial charge in [-0.1, -0.05) is 49.2 Å². The van der Waals surface area contributed by atoms with Crippen molar-refractivity contribution in [3.05, 3.63) is 87.7 Å². The highest BCUT2D eigenvalue weighted by atomic mass is 35.5. The van der Waals surface area contributed by atoms with Crippen LogP contribution >= 0.6 is 23.2 Å². The minimum Gasteiger partial charge on any atom is -0.410 e. The van der Waals surface area contributed by atoms with Gasteiger partial charge >= 0.3 is 6.09 Å². The maximum Gasteiger partial charge on any atom is 0.412 e. The predicted molar refractivity (Wildman–Crippen MR) is 129 cm³/mol. The van der Waals surface area contributed by atoms with E-state index in [0.717, 1.165) is 29.9 Å². The van der Waals surface area contributed by atoms with Crippen molar-refractivity contribution in [2.24, 2.45) is 0 Å². The molecule has 0 fully saturated rings. The first-order chi connectivity index (χ1) is 15.3. The second-order valence-electron chi connectivity index (χ2n) is 8.58. The number of pyridine rings is 1. The van der Waals surface area contributed by atoms with E-state index in [4.69, 9.17) is 27.9 Å². The minimum atomic E-state index is -0.488. The molecule has 2 aromatic carbocycles. The van der Waals surface area contributed by atoms with Gasteiger partial charge in [0.2, 0.25) is 0 Å². The number of rotatable bonds is 6. The Kier molecular flexibility index (Phi) is 6.58. The van der Waals surface area contributed by atoms with Gasteiger partial charge in [0.1, 0.15) is 5.75 Å². The van der Waals surface area contributed by atoms with Crippen LogP contribution in [0.15, 0.2) is 60.9 Å². The number of amides is 1. The summed E-state index contributed by atoms with van der Waals surface area (Å²) < 4.78 is 5.54. The molecule has 0 spiro atoms. The number of nitrogens with one attached hydrogen (secondary N) is 1. The van der Waals surface area contributed by atoms with Crippen LogP contribution in [0.4, 0.5) is 10.5 Å². The summed E-state index contributed by atoms with van der Waals surface area (Å²) in [7, 11) is 0. The smallest absolute Gasteiger partial charge is 0.410 e. The average Bonchev–Trinajstić information content (AvgIpc) is 3.00. The van der Waals surface area contributed by atoms with Crippen molar-refractivity contribution < 1.29 is 9.53 Å². The molecule has 32 heavy (non-hydrogen) atoms. The quantitative estimate of drug-likeness (QED) is 0.479. The highest BCUT2D eigenvalue weighted by molar-refractivity contribution is 6.35. The third kappa shape index (κ3) is 5.17. The third-order valence-corrected chi connectivity index (χ3v) is 6.20. The van der Waals surface area contributed by atoms with Crippen LogP contribution in [0.3, 0.4) is 0 Å². The van der Waals surface area contributed by atoms with E-state index in [2.05, 4.69) is 35.1 Å². The number of ether oxygens (including phenoxy) is 1. The fraction of sp³-hybridized carbons (Fsp3) is 0.280. The molecule has 0 bridgehead atoms. The normalized spacial score (nSPS) is 14.2. The van der Waals surface area contributed by atoms with E-state index in [1.54, 1.807) is 18.3 Å². The summed E-state index contributed by atoms with van der Waals surface area (Å²) in [5.41, 5.74) is 4.35. The van der Waals surface area contributed by atoms with Gasteiger partial charge in [-0.05, 0) is 59.5 Å². The fourth-order valence-electron chi connectivity index (χ4n) is 4.06. The average molecular weight is 470 g/mol. The molecule has 5 nitrogen and oxygen atoms in total. The molecule has 2 heterocycles.